The predicted molar refractivity (Wildman–Crippen MR) is 36.0 cm³/mol. The monoisotopic (exact) mass is 155 g/mol. The summed E-state index contributed by atoms with van der Waals surface area (Å²) in [6.07, 6.45) is 1.07. The van der Waals surface area contributed by atoms with E-state index in [-0.39, 0.29) is 6.42 Å². The van der Waals surface area contributed by atoms with Crippen molar-refractivity contribution < 1.29 is 9.90 Å². The Labute approximate surface area is 64.1 Å². The van der Waals surface area contributed by atoms with E-state index in [4.69, 9.17) is 15.9 Å². The first kappa shape index (κ1) is 9.56. The van der Waals surface area contributed by atoms with Crippen LogP contribution in [-0.4, -0.2) is 17.1 Å². The van der Waals surface area contributed by atoms with Gasteiger partial charge in [0.15, 0.2) is 6.04 Å². The summed E-state index contributed by atoms with van der Waals surface area (Å²) >= 11 is 0. The summed E-state index contributed by atoms with van der Waals surface area (Å²) in [5, 5.41) is 19.4. The average Bonchev–Trinajstić information content (AvgIpc) is 1.97. The lowest BCUT2D eigenvalue weighted by molar-refractivity contribution is -0.138. The predicted octanol–water partition coefficient (Wildman–Crippen LogP) is 1.16. The Morgan fingerprint density at radius 3 is 2.82 bits per heavy atom. The highest BCUT2D eigenvalue weighted by Crippen LogP contribution is 2.03. The van der Waals surface area contributed by atoms with E-state index in [9.17, 15) is 4.79 Å². The number of hydrogen-bond acceptors (Lipinski definition) is 4. The molecule has 0 spiro atoms. The maximum atomic E-state index is 10.2. The van der Waals surface area contributed by atoms with Crippen molar-refractivity contribution in [2.24, 2.45) is 5.11 Å². The average molecular weight is 155 g/mol. The first-order valence-corrected chi connectivity index (χ1v) is 3.18. The largest absolute Gasteiger partial charge is 0.480 e. The van der Waals surface area contributed by atoms with Crippen LogP contribution in [0.1, 0.15) is 19.3 Å². The van der Waals surface area contributed by atoms with Gasteiger partial charge in [-0.2, -0.15) is 10.4 Å². The molecule has 0 aromatic rings. The molecule has 0 radical (unpaired) electrons. The third kappa shape index (κ3) is 4.03. The van der Waals surface area contributed by atoms with Crippen LogP contribution < -0.4 is 0 Å². The minimum absolute atomic E-state index is 0.270. The van der Waals surface area contributed by atoms with Crippen molar-refractivity contribution in [3.63, 3.8) is 0 Å². The molecule has 0 saturated carbocycles. The van der Waals surface area contributed by atoms with Gasteiger partial charge in [0, 0.05) is 6.42 Å². The molecule has 0 saturated heterocycles. The molecule has 5 heteroatoms. The molecular weight excluding hydrogens is 146 g/mol. The van der Waals surface area contributed by atoms with Crippen molar-refractivity contribution in [3.8, 4) is 6.07 Å². The van der Waals surface area contributed by atoms with E-state index in [0.717, 1.165) is 0 Å². The number of rotatable bonds is 5. The Morgan fingerprint density at radius 1 is 1.82 bits per heavy atom. The second kappa shape index (κ2) is 5.35. The summed E-state index contributed by atoms with van der Waals surface area (Å²) in [4.78, 5) is 10.2. The van der Waals surface area contributed by atoms with Gasteiger partial charge in [-0.25, -0.2) is 10.3 Å². The smallest absolute Gasteiger partial charge is 0.330 e. The molecule has 0 aliphatic carbocycles. The van der Waals surface area contributed by atoms with Crippen LogP contribution >= 0.6 is 0 Å². The second-order valence-electron chi connectivity index (χ2n) is 2.03. The van der Waals surface area contributed by atoms with Gasteiger partial charge in [-0.05, 0) is 12.8 Å². The molecule has 60 valence electrons. The summed E-state index contributed by atoms with van der Waals surface area (Å²) in [7, 11) is 0. The number of carboxylic acid groups (broad SMARTS) is 1. The fourth-order valence-corrected chi connectivity index (χ4v) is 0.618. The quantitative estimate of drug-likeness (QED) is 0.460. The Hall–Kier alpha value is -1.44. The van der Waals surface area contributed by atoms with Gasteiger partial charge in [0.1, 0.15) is 0 Å². The van der Waals surface area contributed by atoms with Gasteiger partial charge in [0.25, 0.3) is 0 Å². The van der Waals surface area contributed by atoms with Gasteiger partial charge in [-0.3, -0.25) is 0 Å². The number of carboxylic acids is 1. The summed E-state index contributed by atoms with van der Waals surface area (Å²) in [6, 6.07) is 0.921. The van der Waals surface area contributed by atoms with Crippen LogP contribution in [0.3, 0.4) is 0 Å². The molecule has 0 aliphatic rings. The molecule has 0 heterocycles. The van der Waals surface area contributed by atoms with Crippen molar-refractivity contribution in [2.45, 2.75) is 25.3 Å². The lowest BCUT2D eigenvalue weighted by atomic mass is 10.1. The van der Waals surface area contributed by atoms with E-state index in [1.165, 1.54) is 0 Å². The minimum atomic E-state index is -1.10. The summed E-state index contributed by atoms with van der Waals surface area (Å²) in [5.74, 6) is -1.10. The van der Waals surface area contributed by atoms with Gasteiger partial charge >= 0.3 is 5.97 Å². The molecule has 0 bridgehead atoms. The lowest BCUT2D eigenvalue weighted by Gasteiger charge is -2.01. The van der Waals surface area contributed by atoms with Crippen LogP contribution in [0.2, 0.25) is 0 Å². The minimum Gasteiger partial charge on any atom is -0.480 e. The number of nitriles is 1. The molecule has 0 aromatic heterocycles. The van der Waals surface area contributed by atoms with Gasteiger partial charge in [-0.1, -0.05) is 0 Å². The van der Waals surface area contributed by atoms with E-state index < -0.39 is 12.0 Å². The van der Waals surface area contributed by atoms with Crippen LogP contribution in [0.5, 0.6) is 0 Å². The van der Waals surface area contributed by atoms with Crippen LogP contribution in [0.15, 0.2) is 5.11 Å². The molecular formula is C6H9N3O2. The zero-order chi connectivity index (χ0) is 8.69. The van der Waals surface area contributed by atoms with Crippen LogP contribution in [0.4, 0.5) is 0 Å². The molecule has 0 amide bonds. The lowest BCUT2D eigenvalue weighted by Crippen LogP contribution is -2.16. The molecule has 0 rings (SSSR count). The normalized spacial score (nSPS) is 11.5. The number of aliphatic carboxylic acids is 1. The number of nitrogens with zero attached hydrogens (tertiary/aromatic N) is 2. The molecule has 1 atom stereocenters. The zero-order valence-corrected chi connectivity index (χ0v) is 5.95. The van der Waals surface area contributed by atoms with Crippen LogP contribution in [0, 0.1) is 16.9 Å². The molecule has 5 nitrogen and oxygen atoms in total. The fraction of sp³-hybridized carbons (Fsp3) is 0.667. The highest BCUT2D eigenvalue weighted by Gasteiger charge is 2.14. The van der Waals surface area contributed by atoms with E-state index in [2.05, 4.69) is 5.11 Å². The zero-order valence-electron chi connectivity index (χ0n) is 5.95. The molecule has 0 aromatic carbocycles. The Kier molecular flexibility index (Phi) is 4.65. The Bertz CT molecular complexity index is 185. The van der Waals surface area contributed by atoms with Crippen molar-refractivity contribution in [2.75, 3.05) is 0 Å². The second-order valence-corrected chi connectivity index (χ2v) is 2.03. The van der Waals surface area contributed by atoms with Crippen LogP contribution in [0.25, 0.3) is 0 Å². The fourth-order valence-electron chi connectivity index (χ4n) is 0.618. The number of carbonyl (C=O) groups is 1. The summed E-state index contributed by atoms with van der Waals surface area (Å²) < 4.78 is 0. The van der Waals surface area contributed by atoms with Crippen molar-refractivity contribution in [3.05, 3.63) is 0 Å². The van der Waals surface area contributed by atoms with Gasteiger partial charge in [-0.15, -0.1) is 0 Å². The molecule has 0 aliphatic heterocycles. The molecule has 2 N–H and O–H groups in total. The summed E-state index contributed by atoms with van der Waals surface area (Å²) in [5.41, 5.74) is 6.49. The van der Waals surface area contributed by atoms with Crippen LogP contribution in [-0.2, 0) is 4.79 Å². The van der Waals surface area contributed by atoms with E-state index in [0.29, 0.717) is 12.8 Å². The highest BCUT2D eigenvalue weighted by molar-refractivity contribution is 5.73. The van der Waals surface area contributed by atoms with E-state index >= 15 is 0 Å². The standard InChI is InChI=1S/C6H9N3O2/c7-4-2-1-3-5(9-8)6(10)11/h5,8H,1-3H2,(H,10,11). The van der Waals surface area contributed by atoms with Crippen molar-refractivity contribution in [1.82, 2.24) is 0 Å². The highest BCUT2D eigenvalue weighted by atomic mass is 16.4. The molecule has 1 unspecified atom stereocenters. The number of nitrogens with one attached hydrogen (secondary N) is 1. The SMILES string of the molecule is N#CCCCC(N=N)C(=O)O. The third-order valence-corrected chi connectivity index (χ3v) is 1.21. The number of unbranched alkanes of at least 4 members (excludes halogenated alkanes) is 1. The third-order valence-electron chi connectivity index (χ3n) is 1.21. The first-order valence-electron chi connectivity index (χ1n) is 3.18. The van der Waals surface area contributed by atoms with Gasteiger partial charge in [0.05, 0.1) is 6.07 Å². The maximum Gasteiger partial charge on any atom is 0.330 e. The van der Waals surface area contributed by atoms with E-state index in [1.807, 2.05) is 6.07 Å². The van der Waals surface area contributed by atoms with Crippen molar-refractivity contribution in [1.29, 1.82) is 10.8 Å². The number of hydrogen-bond donors (Lipinski definition) is 2. The van der Waals surface area contributed by atoms with Gasteiger partial charge < -0.3 is 5.11 Å². The Balaban J connectivity index is 3.63. The maximum absolute atomic E-state index is 10.2. The molecule has 0 fully saturated rings. The Morgan fingerprint density at radius 2 is 2.45 bits per heavy atom. The molecule has 11 heavy (non-hydrogen) atoms. The summed E-state index contributed by atoms with van der Waals surface area (Å²) in [6.45, 7) is 0. The van der Waals surface area contributed by atoms with Gasteiger partial charge in [0.2, 0.25) is 0 Å². The van der Waals surface area contributed by atoms with E-state index in [1.54, 1.807) is 0 Å². The van der Waals surface area contributed by atoms with Crippen molar-refractivity contribution >= 4 is 5.97 Å². The topological polar surface area (TPSA) is 97.3 Å². The first-order chi connectivity index (χ1) is 5.22.